The van der Waals surface area contributed by atoms with Crippen molar-refractivity contribution in [2.75, 3.05) is 0 Å². The quantitative estimate of drug-likeness (QED) is 0.746. The van der Waals surface area contributed by atoms with Gasteiger partial charge in [0.05, 0.1) is 0 Å². The summed E-state index contributed by atoms with van der Waals surface area (Å²) in [6.45, 7) is 0. The second-order valence-corrected chi connectivity index (χ2v) is 2.81. The van der Waals surface area contributed by atoms with Gasteiger partial charge in [-0.25, -0.2) is 0 Å². The van der Waals surface area contributed by atoms with E-state index >= 15 is 0 Å². The monoisotopic (exact) mass is 176 g/mol. The van der Waals surface area contributed by atoms with Crippen molar-refractivity contribution in [1.29, 1.82) is 0 Å². The first-order valence-electron chi connectivity index (χ1n) is 4.08. The van der Waals surface area contributed by atoms with Gasteiger partial charge in [0, 0.05) is 30.1 Å². The molecule has 2 rings (SSSR count). The third kappa shape index (κ3) is 1.75. The topological polar surface area (TPSA) is 28.7 Å². The summed E-state index contributed by atoms with van der Waals surface area (Å²) in [6.07, 6.45) is 3.84. The summed E-state index contributed by atoms with van der Waals surface area (Å²) in [4.78, 5) is 6.61. The Morgan fingerprint density at radius 3 is 2.85 bits per heavy atom. The molecule has 0 aromatic carbocycles. The molecular weight excluding hydrogens is 167 g/mol. The largest absolute Gasteiger partial charge is 0.338 e. The summed E-state index contributed by atoms with van der Waals surface area (Å²) in [5, 5.41) is 0. The molecule has 0 radical (unpaired) electrons. The Labute approximate surface area is 75.4 Å². The zero-order valence-corrected chi connectivity index (χ0v) is 7.00. The molecule has 0 aliphatic heterocycles. The first kappa shape index (κ1) is 7.98. The van der Waals surface area contributed by atoms with Gasteiger partial charge in [-0.3, -0.25) is 4.98 Å². The number of nitrogens with zero attached hydrogens (tertiary/aromatic N) is 1. The molecule has 0 saturated carbocycles. The SMILES string of the molecule is Fc1[nH]ccc1Cc1ccccn1. The van der Waals surface area contributed by atoms with Crippen LogP contribution in [0, 0.1) is 5.95 Å². The van der Waals surface area contributed by atoms with Crippen molar-refractivity contribution < 1.29 is 4.39 Å². The molecule has 0 fully saturated rings. The number of aromatic nitrogens is 2. The van der Waals surface area contributed by atoms with E-state index < -0.39 is 0 Å². The van der Waals surface area contributed by atoms with Crippen LogP contribution < -0.4 is 0 Å². The number of H-pyrrole nitrogens is 1. The van der Waals surface area contributed by atoms with Crippen LogP contribution >= 0.6 is 0 Å². The molecule has 0 aliphatic rings. The van der Waals surface area contributed by atoms with Crippen LogP contribution in [0.4, 0.5) is 4.39 Å². The van der Waals surface area contributed by atoms with E-state index in [1.54, 1.807) is 18.5 Å². The lowest BCUT2D eigenvalue weighted by atomic mass is 10.2. The van der Waals surface area contributed by atoms with Gasteiger partial charge in [0.25, 0.3) is 0 Å². The molecule has 1 N–H and O–H groups in total. The molecule has 0 atom stereocenters. The smallest absolute Gasteiger partial charge is 0.194 e. The van der Waals surface area contributed by atoms with E-state index in [0.717, 1.165) is 5.69 Å². The predicted molar refractivity (Wildman–Crippen MR) is 47.8 cm³/mol. The van der Waals surface area contributed by atoms with Crippen LogP contribution in [-0.2, 0) is 6.42 Å². The fraction of sp³-hybridized carbons (Fsp3) is 0.100. The Morgan fingerprint density at radius 2 is 2.23 bits per heavy atom. The van der Waals surface area contributed by atoms with Gasteiger partial charge < -0.3 is 4.98 Å². The van der Waals surface area contributed by atoms with Gasteiger partial charge in [-0.05, 0) is 18.2 Å². The normalized spacial score (nSPS) is 10.2. The highest BCUT2D eigenvalue weighted by Crippen LogP contribution is 2.09. The summed E-state index contributed by atoms with van der Waals surface area (Å²) in [7, 11) is 0. The Balaban J connectivity index is 2.20. The van der Waals surface area contributed by atoms with Gasteiger partial charge >= 0.3 is 0 Å². The van der Waals surface area contributed by atoms with Gasteiger partial charge in [-0.1, -0.05) is 6.07 Å². The average Bonchev–Trinajstić information content (AvgIpc) is 2.54. The van der Waals surface area contributed by atoms with Crippen molar-refractivity contribution in [3.63, 3.8) is 0 Å². The highest BCUT2D eigenvalue weighted by Gasteiger charge is 2.03. The summed E-state index contributed by atoms with van der Waals surface area (Å²) >= 11 is 0. The minimum absolute atomic E-state index is 0.273. The molecule has 66 valence electrons. The van der Waals surface area contributed by atoms with Gasteiger partial charge in [0.15, 0.2) is 5.95 Å². The zero-order chi connectivity index (χ0) is 9.10. The Kier molecular flexibility index (Phi) is 2.08. The summed E-state index contributed by atoms with van der Waals surface area (Å²) in [5.41, 5.74) is 1.53. The van der Waals surface area contributed by atoms with E-state index in [9.17, 15) is 4.39 Å². The highest BCUT2D eigenvalue weighted by molar-refractivity contribution is 5.19. The number of halogens is 1. The predicted octanol–water partition coefficient (Wildman–Crippen LogP) is 2.14. The van der Waals surface area contributed by atoms with Crippen LogP contribution in [-0.4, -0.2) is 9.97 Å². The molecule has 2 aromatic rings. The molecule has 0 saturated heterocycles. The molecule has 0 amide bonds. The van der Waals surface area contributed by atoms with Crippen molar-refractivity contribution in [1.82, 2.24) is 9.97 Å². The maximum absolute atomic E-state index is 13.0. The molecule has 0 bridgehead atoms. The van der Waals surface area contributed by atoms with Crippen LogP contribution in [0.3, 0.4) is 0 Å². The molecule has 2 aromatic heterocycles. The van der Waals surface area contributed by atoms with Crippen molar-refractivity contribution in [3.8, 4) is 0 Å². The molecule has 13 heavy (non-hydrogen) atoms. The molecule has 3 heteroatoms. The van der Waals surface area contributed by atoms with Crippen molar-refractivity contribution in [2.24, 2.45) is 0 Å². The molecule has 2 nitrogen and oxygen atoms in total. The van der Waals surface area contributed by atoms with Crippen LogP contribution in [0.15, 0.2) is 36.7 Å². The Morgan fingerprint density at radius 1 is 1.31 bits per heavy atom. The first-order valence-corrected chi connectivity index (χ1v) is 4.08. The number of nitrogens with one attached hydrogen (secondary N) is 1. The fourth-order valence-electron chi connectivity index (χ4n) is 1.22. The molecule has 0 unspecified atom stereocenters. The van der Waals surface area contributed by atoms with Crippen LogP contribution in [0.1, 0.15) is 11.3 Å². The third-order valence-corrected chi connectivity index (χ3v) is 1.87. The summed E-state index contributed by atoms with van der Waals surface area (Å²) in [6, 6.07) is 7.35. The zero-order valence-electron chi connectivity index (χ0n) is 7.00. The number of rotatable bonds is 2. The van der Waals surface area contributed by atoms with Crippen molar-refractivity contribution in [3.05, 3.63) is 53.9 Å². The maximum Gasteiger partial charge on any atom is 0.194 e. The average molecular weight is 176 g/mol. The van der Waals surface area contributed by atoms with Crippen molar-refractivity contribution in [2.45, 2.75) is 6.42 Å². The number of pyridine rings is 1. The molecule has 0 spiro atoms. The van der Waals surface area contributed by atoms with E-state index in [-0.39, 0.29) is 5.95 Å². The standard InChI is InChI=1S/C10H9FN2/c11-10-8(4-6-13-10)7-9-3-1-2-5-12-9/h1-6,13H,7H2. The van der Waals surface area contributed by atoms with Crippen LogP contribution in [0.25, 0.3) is 0 Å². The van der Waals surface area contributed by atoms with Crippen LogP contribution in [0.2, 0.25) is 0 Å². The van der Waals surface area contributed by atoms with Crippen LogP contribution in [0.5, 0.6) is 0 Å². The van der Waals surface area contributed by atoms with Crippen molar-refractivity contribution >= 4 is 0 Å². The van der Waals surface area contributed by atoms with E-state index in [1.165, 1.54) is 0 Å². The Hall–Kier alpha value is -1.64. The van der Waals surface area contributed by atoms with Gasteiger partial charge in [-0.2, -0.15) is 4.39 Å². The molecule has 2 heterocycles. The van der Waals surface area contributed by atoms with E-state index in [1.807, 2.05) is 18.2 Å². The molecular formula is C10H9FN2. The number of hydrogen-bond donors (Lipinski definition) is 1. The maximum atomic E-state index is 13.0. The lowest BCUT2D eigenvalue weighted by Crippen LogP contribution is -1.91. The minimum Gasteiger partial charge on any atom is -0.338 e. The van der Waals surface area contributed by atoms with E-state index in [2.05, 4.69) is 9.97 Å². The lowest BCUT2D eigenvalue weighted by Gasteiger charge is -1.96. The number of aromatic amines is 1. The molecule has 0 aliphatic carbocycles. The minimum atomic E-state index is -0.273. The second-order valence-electron chi connectivity index (χ2n) is 2.81. The van der Waals surface area contributed by atoms with E-state index in [4.69, 9.17) is 0 Å². The number of hydrogen-bond acceptors (Lipinski definition) is 1. The second kappa shape index (κ2) is 3.39. The summed E-state index contributed by atoms with van der Waals surface area (Å²) in [5.74, 6) is -0.273. The van der Waals surface area contributed by atoms with Gasteiger partial charge in [-0.15, -0.1) is 0 Å². The summed E-state index contributed by atoms with van der Waals surface area (Å²) < 4.78 is 13.0. The lowest BCUT2D eigenvalue weighted by molar-refractivity contribution is 0.579. The third-order valence-electron chi connectivity index (χ3n) is 1.87. The highest BCUT2D eigenvalue weighted by atomic mass is 19.1. The van der Waals surface area contributed by atoms with E-state index in [0.29, 0.717) is 12.0 Å². The fourth-order valence-corrected chi connectivity index (χ4v) is 1.22. The van der Waals surface area contributed by atoms with Gasteiger partial charge in [0.1, 0.15) is 0 Å². The van der Waals surface area contributed by atoms with Gasteiger partial charge in [0.2, 0.25) is 0 Å². The first-order chi connectivity index (χ1) is 6.36. The Bertz CT molecular complexity index is 381.